The van der Waals surface area contributed by atoms with E-state index in [0.717, 1.165) is 47.1 Å². The van der Waals surface area contributed by atoms with E-state index in [-0.39, 0.29) is 0 Å². The van der Waals surface area contributed by atoms with Crippen molar-refractivity contribution in [3.05, 3.63) is 35.9 Å². The first-order valence-electron chi connectivity index (χ1n) is 8.81. The molecule has 2 aliphatic rings. The minimum Gasteiger partial charge on any atom is -0.354 e. The lowest BCUT2D eigenvalue weighted by Crippen LogP contribution is -2.59. The maximum Gasteiger partial charge on any atom is 0.156 e. The molecule has 2 fully saturated rings. The molecule has 3 aromatic heterocycles. The largest absolute Gasteiger partial charge is 0.354 e. The number of aryl methyl sites for hydroxylation is 1. The van der Waals surface area contributed by atoms with Gasteiger partial charge in [-0.25, -0.2) is 9.97 Å². The van der Waals surface area contributed by atoms with Gasteiger partial charge >= 0.3 is 0 Å². The van der Waals surface area contributed by atoms with Gasteiger partial charge in [0, 0.05) is 31.7 Å². The molecule has 7 heteroatoms. The van der Waals surface area contributed by atoms with Crippen LogP contribution in [0.1, 0.15) is 30.1 Å². The summed E-state index contributed by atoms with van der Waals surface area (Å²) < 4.78 is 0. The van der Waals surface area contributed by atoms with E-state index in [1.807, 2.05) is 6.92 Å². The fourth-order valence-corrected chi connectivity index (χ4v) is 3.49. The molecule has 25 heavy (non-hydrogen) atoms. The molecule has 3 aromatic rings. The van der Waals surface area contributed by atoms with Gasteiger partial charge in [-0.05, 0) is 38.0 Å². The Labute approximate surface area is 146 Å². The Hall–Kier alpha value is -2.70. The highest BCUT2D eigenvalue weighted by Gasteiger charge is 2.33. The van der Waals surface area contributed by atoms with Crippen LogP contribution in [0.4, 0.5) is 11.6 Å². The Morgan fingerprint density at radius 3 is 2.72 bits per heavy atom. The first-order valence-corrected chi connectivity index (χ1v) is 8.81. The summed E-state index contributed by atoms with van der Waals surface area (Å²) in [5.41, 5.74) is 4.22. The van der Waals surface area contributed by atoms with E-state index in [4.69, 9.17) is 0 Å². The van der Waals surface area contributed by atoms with Gasteiger partial charge in [-0.3, -0.25) is 0 Å². The first kappa shape index (κ1) is 14.6. The molecular formula is C18H21N7. The van der Waals surface area contributed by atoms with E-state index in [0.29, 0.717) is 12.0 Å². The third-order valence-corrected chi connectivity index (χ3v) is 5.27. The Morgan fingerprint density at radius 1 is 1.16 bits per heavy atom. The number of hydrogen-bond donors (Lipinski definition) is 1. The molecule has 0 radical (unpaired) electrons. The Bertz CT molecular complexity index is 907. The topological polar surface area (TPSA) is 73.8 Å². The van der Waals surface area contributed by atoms with Crippen LogP contribution in [0.5, 0.6) is 0 Å². The molecule has 1 aliphatic carbocycles. The van der Waals surface area contributed by atoms with Crippen molar-refractivity contribution < 1.29 is 0 Å². The molecule has 0 aromatic carbocycles. The molecule has 1 N–H and O–H groups in total. The van der Waals surface area contributed by atoms with Crippen molar-refractivity contribution in [3.63, 3.8) is 0 Å². The van der Waals surface area contributed by atoms with E-state index in [1.54, 1.807) is 6.33 Å². The van der Waals surface area contributed by atoms with Crippen LogP contribution in [0.15, 0.2) is 24.5 Å². The van der Waals surface area contributed by atoms with Crippen LogP contribution in [0.25, 0.3) is 11.0 Å². The van der Waals surface area contributed by atoms with E-state index >= 15 is 0 Å². The van der Waals surface area contributed by atoms with E-state index in [1.165, 1.54) is 12.8 Å². The molecule has 0 atom stereocenters. The summed E-state index contributed by atoms with van der Waals surface area (Å²) in [5, 5.41) is 8.79. The van der Waals surface area contributed by atoms with Crippen LogP contribution in [-0.2, 0) is 0 Å². The van der Waals surface area contributed by atoms with Crippen LogP contribution >= 0.6 is 0 Å². The summed E-state index contributed by atoms with van der Waals surface area (Å²) in [7, 11) is 2.10. The highest BCUT2D eigenvalue weighted by molar-refractivity contribution is 5.86. The zero-order chi connectivity index (χ0) is 17.0. The molecule has 7 nitrogen and oxygen atoms in total. The van der Waals surface area contributed by atoms with Crippen LogP contribution in [0.2, 0.25) is 0 Å². The van der Waals surface area contributed by atoms with Crippen molar-refractivity contribution in [2.45, 2.75) is 31.7 Å². The van der Waals surface area contributed by atoms with Crippen molar-refractivity contribution >= 4 is 22.7 Å². The summed E-state index contributed by atoms with van der Waals surface area (Å²) in [5.74, 6) is 2.58. The SMILES string of the molecule is Cc1cc2ncnc(N(C)C3CN(c4ccc(C5CC5)nn4)C3)c2[nH]1. The summed E-state index contributed by atoms with van der Waals surface area (Å²) in [6.45, 7) is 3.90. The highest BCUT2D eigenvalue weighted by Crippen LogP contribution is 2.39. The Morgan fingerprint density at radius 2 is 2.00 bits per heavy atom. The second-order valence-electron chi connectivity index (χ2n) is 7.17. The summed E-state index contributed by atoms with van der Waals surface area (Å²) in [6, 6.07) is 6.70. The van der Waals surface area contributed by atoms with Crippen LogP contribution in [-0.4, -0.2) is 51.3 Å². The van der Waals surface area contributed by atoms with Crippen molar-refractivity contribution in [1.29, 1.82) is 0 Å². The van der Waals surface area contributed by atoms with Crippen molar-refractivity contribution in [1.82, 2.24) is 25.1 Å². The molecule has 1 saturated heterocycles. The molecule has 1 saturated carbocycles. The molecule has 0 spiro atoms. The Kier molecular flexibility index (Phi) is 3.16. The lowest BCUT2D eigenvalue weighted by molar-refractivity contribution is 0.488. The second kappa shape index (κ2) is 5.40. The maximum absolute atomic E-state index is 4.50. The van der Waals surface area contributed by atoms with E-state index in [2.05, 4.69) is 60.2 Å². The Balaban J connectivity index is 1.30. The molecule has 0 unspecified atom stereocenters. The molecular weight excluding hydrogens is 314 g/mol. The number of hydrogen-bond acceptors (Lipinski definition) is 6. The average Bonchev–Trinajstić information content (AvgIpc) is 3.34. The number of nitrogens with one attached hydrogen (secondary N) is 1. The van der Waals surface area contributed by atoms with Gasteiger partial charge < -0.3 is 14.8 Å². The molecule has 0 bridgehead atoms. The quantitative estimate of drug-likeness (QED) is 0.788. The number of fused-ring (bicyclic) bond motifs is 1. The summed E-state index contributed by atoms with van der Waals surface area (Å²) in [6.07, 6.45) is 4.16. The average molecular weight is 335 g/mol. The van der Waals surface area contributed by atoms with Crippen LogP contribution in [0, 0.1) is 6.92 Å². The monoisotopic (exact) mass is 335 g/mol. The number of aromatic nitrogens is 5. The second-order valence-corrected chi connectivity index (χ2v) is 7.17. The van der Waals surface area contributed by atoms with Gasteiger partial charge in [-0.1, -0.05) is 0 Å². The minimum atomic E-state index is 0.409. The number of nitrogens with zero attached hydrogens (tertiary/aromatic N) is 6. The highest BCUT2D eigenvalue weighted by atomic mass is 15.4. The predicted molar refractivity (Wildman–Crippen MR) is 97.0 cm³/mol. The van der Waals surface area contributed by atoms with Gasteiger partial charge in [0.2, 0.25) is 0 Å². The van der Waals surface area contributed by atoms with E-state index in [9.17, 15) is 0 Å². The summed E-state index contributed by atoms with van der Waals surface area (Å²) in [4.78, 5) is 16.7. The lowest BCUT2D eigenvalue weighted by Gasteiger charge is -2.44. The third kappa shape index (κ3) is 2.50. The standard InChI is InChI=1S/C18H21N7/c1-11-7-15-17(21-11)18(20-10-19-15)24(2)13-8-25(9-13)16-6-5-14(22-23-16)12-3-4-12/h5-7,10,12-13,21H,3-4,8-9H2,1-2H3. The minimum absolute atomic E-state index is 0.409. The number of likely N-dealkylation sites (N-methyl/N-ethyl adjacent to an activating group) is 1. The molecule has 0 amide bonds. The van der Waals surface area contributed by atoms with Crippen LogP contribution in [0.3, 0.4) is 0 Å². The number of H-pyrrole nitrogens is 1. The van der Waals surface area contributed by atoms with Crippen molar-refractivity contribution in [2.24, 2.45) is 0 Å². The first-order chi connectivity index (χ1) is 12.2. The van der Waals surface area contributed by atoms with Gasteiger partial charge in [-0.2, -0.15) is 5.10 Å². The van der Waals surface area contributed by atoms with Crippen molar-refractivity contribution in [2.75, 3.05) is 29.9 Å². The predicted octanol–water partition coefficient (Wildman–Crippen LogP) is 2.26. The molecule has 5 rings (SSSR count). The third-order valence-electron chi connectivity index (χ3n) is 5.27. The van der Waals surface area contributed by atoms with E-state index < -0.39 is 0 Å². The fourth-order valence-electron chi connectivity index (χ4n) is 3.49. The molecule has 128 valence electrons. The smallest absolute Gasteiger partial charge is 0.156 e. The normalized spacial score (nSPS) is 17.8. The van der Waals surface area contributed by atoms with Gasteiger partial charge in [0.15, 0.2) is 11.6 Å². The van der Waals surface area contributed by atoms with Gasteiger partial charge in [-0.15, -0.1) is 5.10 Å². The fraction of sp³-hybridized carbons (Fsp3) is 0.444. The zero-order valence-corrected chi connectivity index (χ0v) is 14.5. The van der Waals surface area contributed by atoms with Gasteiger partial charge in [0.25, 0.3) is 0 Å². The zero-order valence-electron chi connectivity index (χ0n) is 14.5. The number of anilines is 2. The van der Waals surface area contributed by atoms with Gasteiger partial charge in [0.1, 0.15) is 11.8 Å². The lowest BCUT2D eigenvalue weighted by atomic mass is 10.1. The maximum atomic E-state index is 4.50. The molecule has 1 aliphatic heterocycles. The van der Waals surface area contributed by atoms with Crippen LogP contribution < -0.4 is 9.80 Å². The van der Waals surface area contributed by atoms with Crippen molar-refractivity contribution in [3.8, 4) is 0 Å². The van der Waals surface area contributed by atoms with Gasteiger partial charge in [0.05, 0.1) is 17.3 Å². The number of rotatable bonds is 4. The number of aromatic amines is 1. The summed E-state index contributed by atoms with van der Waals surface area (Å²) >= 11 is 0. The molecule has 4 heterocycles.